The molecule has 26 heavy (non-hydrogen) atoms. The van der Waals surface area contributed by atoms with Crippen LogP contribution in [0.4, 0.5) is 5.82 Å². The van der Waals surface area contributed by atoms with Crippen LogP contribution in [0, 0.1) is 0 Å². The van der Waals surface area contributed by atoms with Crippen LogP contribution in [-0.2, 0) is 4.79 Å². The molecular weight excluding hydrogens is 346 g/mol. The van der Waals surface area contributed by atoms with E-state index in [1.807, 2.05) is 12.2 Å². The minimum Gasteiger partial charge on any atom is -0.367 e. The number of hydrogen-bond acceptors (Lipinski definition) is 6. The summed E-state index contributed by atoms with van der Waals surface area (Å²) in [4.78, 5) is 22.9. The summed E-state index contributed by atoms with van der Waals surface area (Å²) in [5, 5.41) is 4.93. The molecule has 3 aliphatic rings. The van der Waals surface area contributed by atoms with Crippen LogP contribution in [0.2, 0.25) is 0 Å². The first-order chi connectivity index (χ1) is 12.5. The fourth-order valence-electron chi connectivity index (χ4n) is 4.13. The normalized spacial score (nSPS) is 29.9. The predicted molar refractivity (Wildman–Crippen MR) is 104 cm³/mol. The molecule has 3 N–H and O–H groups in total. The molecule has 1 saturated carbocycles. The quantitative estimate of drug-likeness (QED) is 0.790. The van der Waals surface area contributed by atoms with Crippen LogP contribution < -0.4 is 11.1 Å². The van der Waals surface area contributed by atoms with E-state index < -0.39 is 0 Å². The minimum absolute atomic E-state index is 0.101. The second-order valence-corrected chi connectivity index (χ2v) is 8.67. The molecule has 0 aromatic carbocycles. The molecule has 0 saturated heterocycles. The van der Waals surface area contributed by atoms with Crippen molar-refractivity contribution >= 4 is 23.5 Å². The maximum Gasteiger partial charge on any atom is 0.248 e. The third-order valence-corrected chi connectivity index (χ3v) is 6.93. The van der Waals surface area contributed by atoms with Crippen LogP contribution in [0.5, 0.6) is 0 Å². The van der Waals surface area contributed by atoms with Crippen molar-refractivity contribution in [2.24, 2.45) is 5.73 Å². The Morgan fingerprint density at radius 2 is 2.04 bits per heavy atom. The maximum absolute atomic E-state index is 11.6. The molecule has 0 spiro atoms. The molecule has 1 aliphatic heterocycles. The zero-order chi connectivity index (χ0) is 18.3. The predicted octanol–water partition coefficient (Wildman–Crippen LogP) is 2.30. The number of thioether (sulfide) groups is 1. The van der Waals surface area contributed by atoms with Gasteiger partial charge in [0.25, 0.3) is 0 Å². The van der Waals surface area contributed by atoms with Crippen LogP contribution in [0.25, 0.3) is 0 Å². The fraction of sp³-hybridized carbons (Fsp3) is 0.526. The van der Waals surface area contributed by atoms with Crippen molar-refractivity contribution in [2.75, 3.05) is 19.4 Å². The van der Waals surface area contributed by atoms with Crippen molar-refractivity contribution in [2.45, 2.75) is 54.0 Å². The maximum atomic E-state index is 11.6. The number of hydrogen-bond donors (Lipinski definition) is 2. The van der Waals surface area contributed by atoms with Gasteiger partial charge in [0.15, 0.2) is 0 Å². The summed E-state index contributed by atoms with van der Waals surface area (Å²) >= 11 is 1.73. The lowest BCUT2D eigenvalue weighted by Crippen LogP contribution is -2.36. The summed E-state index contributed by atoms with van der Waals surface area (Å²) in [6.07, 6.45) is 12.2. The van der Waals surface area contributed by atoms with Crippen LogP contribution in [0.15, 0.2) is 35.2 Å². The molecular formula is C19H25N5OS. The van der Waals surface area contributed by atoms with Gasteiger partial charge in [-0.15, -0.1) is 0 Å². The van der Waals surface area contributed by atoms with Crippen molar-refractivity contribution in [1.82, 2.24) is 14.9 Å². The molecule has 1 fully saturated rings. The van der Waals surface area contributed by atoms with E-state index in [2.05, 4.69) is 40.4 Å². The third kappa shape index (κ3) is 3.25. The van der Waals surface area contributed by atoms with Crippen LogP contribution in [-0.4, -0.2) is 52.2 Å². The number of anilines is 1. The first-order valence-electron chi connectivity index (χ1n) is 9.17. The van der Waals surface area contributed by atoms with Crippen molar-refractivity contribution in [3.63, 3.8) is 0 Å². The average Bonchev–Trinajstić information content (AvgIpc) is 3.00. The van der Waals surface area contributed by atoms with Gasteiger partial charge in [0, 0.05) is 34.4 Å². The molecule has 2 aliphatic carbocycles. The van der Waals surface area contributed by atoms with Crippen molar-refractivity contribution in [3.05, 3.63) is 35.7 Å². The monoisotopic (exact) mass is 371 g/mol. The summed E-state index contributed by atoms with van der Waals surface area (Å²) in [7, 11) is 4.32. The highest BCUT2D eigenvalue weighted by Crippen LogP contribution is 2.50. The van der Waals surface area contributed by atoms with E-state index >= 15 is 0 Å². The second kappa shape index (κ2) is 7.04. The number of carbonyl (C=O) groups excluding carboxylic acids is 1. The Balaban J connectivity index is 1.55. The molecule has 0 bridgehead atoms. The Morgan fingerprint density at radius 3 is 2.73 bits per heavy atom. The lowest BCUT2D eigenvalue weighted by molar-refractivity contribution is -0.114. The molecule has 138 valence electrons. The molecule has 7 heteroatoms. The zero-order valence-corrected chi connectivity index (χ0v) is 16.0. The molecule has 2 heterocycles. The molecule has 1 aromatic heterocycles. The summed E-state index contributed by atoms with van der Waals surface area (Å²) in [6.45, 7) is 0. The van der Waals surface area contributed by atoms with E-state index in [9.17, 15) is 4.79 Å². The number of carbonyl (C=O) groups is 1. The third-order valence-electron chi connectivity index (χ3n) is 5.66. The SMILES string of the molecule is CN(C)C1CCC(Nc2ncnc3c2C2C=C(C(N)=O)C=CC2S3)CC1. The standard InChI is InChI=1S/C19H25N5OS/c1-24(2)13-6-4-12(5-7-13)23-18-16-14-9-11(17(20)25)3-8-15(14)26-19(16)22-10-21-18/h3,8-10,12-15H,4-7H2,1-2H3,(H2,20,25)(H,21,22,23). The van der Waals surface area contributed by atoms with Gasteiger partial charge in [-0.2, -0.15) is 0 Å². The summed E-state index contributed by atoms with van der Waals surface area (Å²) < 4.78 is 0. The summed E-state index contributed by atoms with van der Waals surface area (Å²) in [5.74, 6) is 0.634. The largest absolute Gasteiger partial charge is 0.367 e. The van der Waals surface area contributed by atoms with E-state index in [-0.39, 0.29) is 17.1 Å². The molecule has 1 amide bonds. The lowest BCUT2D eigenvalue weighted by Gasteiger charge is -2.33. The summed E-state index contributed by atoms with van der Waals surface area (Å²) in [6, 6.07) is 1.11. The van der Waals surface area contributed by atoms with Crippen LogP contribution >= 0.6 is 11.8 Å². The van der Waals surface area contributed by atoms with E-state index in [0.29, 0.717) is 17.7 Å². The molecule has 1 aromatic rings. The van der Waals surface area contributed by atoms with Crippen LogP contribution in [0.1, 0.15) is 37.2 Å². The number of allylic oxidation sites excluding steroid dienone is 1. The fourth-order valence-corrected chi connectivity index (χ4v) is 5.38. The molecule has 2 atom stereocenters. The van der Waals surface area contributed by atoms with E-state index in [4.69, 9.17) is 5.73 Å². The van der Waals surface area contributed by atoms with Gasteiger partial charge in [-0.3, -0.25) is 4.79 Å². The Labute approximate surface area is 158 Å². The van der Waals surface area contributed by atoms with Gasteiger partial charge in [0.2, 0.25) is 5.91 Å². The topological polar surface area (TPSA) is 84.1 Å². The minimum atomic E-state index is -0.383. The number of fused-ring (bicyclic) bond motifs is 3. The molecule has 0 radical (unpaired) electrons. The van der Waals surface area contributed by atoms with E-state index in [0.717, 1.165) is 29.2 Å². The number of nitrogens with two attached hydrogens (primary N) is 1. The summed E-state index contributed by atoms with van der Waals surface area (Å²) in [5.41, 5.74) is 7.16. The van der Waals surface area contributed by atoms with Crippen molar-refractivity contribution in [3.8, 4) is 0 Å². The number of nitrogens with one attached hydrogen (secondary N) is 1. The van der Waals surface area contributed by atoms with Gasteiger partial charge in [-0.1, -0.05) is 30.0 Å². The number of aromatic nitrogens is 2. The second-order valence-electron chi connectivity index (χ2n) is 7.51. The van der Waals surface area contributed by atoms with Gasteiger partial charge >= 0.3 is 0 Å². The molecule has 6 nitrogen and oxygen atoms in total. The van der Waals surface area contributed by atoms with Crippen molar-refractivity contribution < 1.29 is 4.79 Å². The van der Waals surface area contributed by atoms with Crippen LogP contribution in [0.3, 0.4) is 0 Å². The number of amides is 1. The first kappa shape index (κ1) is 17.5. The lowest BCUT2D eigenvalue weighted by atomic mass is 9.88. The number of nitrogens with zero attached hydrogens (tertiary/aromatic N) is 3. The van der Waals surface area contributed by atoms with Gasteiger partial charge in [-0.05, 0) is 39.8 Å². The Kier molecular flexibility index (Phi) is 4.75. The number of rotatable bonds is 4. The van der Waals surface area contributed by atoms with Crippen molar-refractivity contribution in [1.29, 1.82) is 0 Å². The highest BCUT2D eigenvalue weighted by Gasteiger charge is 2.37. The first-order valence-corrected chi connectivity index (χ1v) is 10.0. The van der Waals surface area contributed by atoms with E-state index in [1.54, 1.807) is 18.1 Å². The molecule has 2 unspecified atom stereocenters. The number of primary amides is 1. The smallest absolute Gasteiger partial charge is 0.248 e. The van der Waals surface area contributed by atoms with Gasteiger partial charge < -0.3 is 16.0 Å². The van der Waals surface area contributed by atoms with Gasteiger partial charge in [-0.25, -0.2) is 9.97 Å². The van der Waals surface area contributed by atoms with Gasteiger partial charge in [0.1, 0.15) is 17.2 Å². The Morgan fingerprint density at radius 1 is 1.27 bits per heavy atom. The van der Waals surface area contributed by atoms with Gasteiger partial charge in [0.05, 0.1) is 0 Å². The highest BCUT2D eigenvalue weighted by molar-refractivity contribution is 8.00. The Bertz CT molecular complexity index is 767. The average molecular weight is 372 g/mol. The Hall–Kier alpha value is -1.86. The zero-order valence-electron chi connectivity index (χ0n) is 15.2. The highest BCUT2D eigenvalue weighted by atomic mass is 32.2. The molecule has 4 rings (SSSR count). The van der Waals surface area contributed by atoms with E-state index in [1.165, 1.54) is 12.8 Å².